The van der Waals surface area contributed by atoms with Crippen LogP contribution in [-0.4, -0.2) is 12.5 Å². The smallest absolute Gasteiger partial charge is 0.261 e. The van der Waals surface area contributed by atoms with Crippen molar-refractivity contribution in [1.82, 2.24) is 5.32 Å². The summed E-state index contributed by atoms with van der Waals surface area (Å²) in [5, 5.41) is 3.51. The lowest BCUT2D eigenvalue weighted by atomic mass is 10.1. The predicted octanol–water partition coefficient (Wildman–Crippen LogP) is 3.49. The minimum atomic E-state index is -0.248. The lowest BCUT2D eigenvalue weighted by molar-refractivity contribution is 0.0955. The van der Waals surface area contributed by atoms with E-state index in [2.05, 4.69) is 5.32 Å². The fraction of sp³-hybridized carbons (Fsp3) is 0.357. The van der Waals surface area contributed by atoms with E-state index in [-0.39, 0.29) is 11.7 Å². The molecule has 2 aromatic rings. The highest BCUT2D eigenvalue weighted by Gasteiger charge is 2.23. The maximum atomic E-state index is 13.7. The molecule has 3 rings (SSSR count). The molecule has 1 N–H and O–H groups in total. The normalized spacial score (nSPS) is 15.0. The van der Waals surface area contributed by atoms with Crippen LogP contribution in [0.3, 0.4) is 0 Å². The molecule has 1 aliphatic rings. The fourth-order valence-electron chi connectivity index (χ4n) is 2.11. The lowest BCUT2D eigenvalue weighted by Gasteiger charge is -2.02. The Morgan fingerprint density at radius 3 is 2.94 bits per heavy atom. The first-order chi connectivity index (χ1) is 8.66. The third-order valence-corrected chi connectivity index (χ3v) is 4.61. The van der Waals surface area contributed by atoms with Crippen LogP contribution in [0.25, 0.3) is 10.1 Å². The first-order valence-corrected chi connectivity index (χ1v) is 6.94. The topological polar surface area (TPSA) is 29.1 Å². The van der Waals surface area contributed by atoms with E-state index in [1.54, 1.807) is 6.07 Å². The summed E-state index contributed by atoms with van der Waals surface area (Å²) in [6, 6.07) is 4.97. The van der Waals surface area contributed by atoms with E-state index in [1.807, 2.05) is 13.0 Å². The van der Waals surface area contributed by atoms with Crippen molar-refractivity contribution >= 4 is 27.3 Å². The zero-order chi connectivity index (χ0) is 12.7. The molecular formula is C14H14FNOS. The van der Waals surface area contributed by atoms with Crippen molar-refractivity contribution in [3.05, 3.63) is 34.5 Å². The van der Waals surface area contributed by atoms with Gasteiger partial charge in [0.25, 0.3) is 5.91 Å². The van der Waals surface area contributed by atoms with Gasteiger partial charge in [-0.05, 0) is 43.4 Å². The summed E-state index contributed by atoms with van der Waals surface area (Å²) in [6.45, 7) is 2.56. The van der Waals surface area contributed by atoms with Crippen molar-refractivity contribution in [2.24, 2.45) is 5.92 Å². The number of aryl methyl sites for hydroxylation is 1. The molecule has 0 spiro atoms. The number of carbonyl (C=O) groups is 1. The van der Waals surface area contributed by atoms with Crippen LogP contribution in [0.4, 0.5) is 4.39 Å². The van der Waals surface area contributed by atoms with Crippen molar-refractivity contribution in [1.29, 1.82) is 0 Å². The molecule has 1 aliphatic carbocycles. The molecule has 0 saturated heterocycles. The van der Waals surface area contributed by atoms with E-state index in [4.69, 9.17) is 0 Å². The molecule has 0 aliphatic heterocycles. The molecule has 1 amide bonds. The summed E-state index contributed by atoms with van der Waals surface area (Å²) in [5.41, 5.74) is 0.751. The SMILES string of the molecule is Cc1c(C(=O)NCC2CC2)sc2cccc(F)c12. The van der Waals surface area contributed by atoms with Gasteiger partial charge in [0.2, 0.25) is 0 Å². The number of hydrogen-bond acceptors (Lipinski definition) is 2. The Labute approximate surface area is 109 Å². The van der Waals surface area contributed by atoms with Gasteiger partial charge in [0.1, 0.15) is 5.82 Å². The summed E-state index contributed by atoms with van der Waals surface area (Å²) in [7, 11) is 0. The molecule has 1 heterocycles. The van der Waals surface area contributed by atoms with Crippen LogP contribution in [0.5, 0.6) is 0 Å². The quantitative estimate of drug-likeness (QED) is 0.902. The molecular weight excluding hydrogens is 249 g/mol. The van der Waals surface area contributed by atoms with Crippen LogP contribution in [0.2, 0.25) is 0 Å². The van der Waals surface area contributed by atoms with Crippen LogP contribution in [0.15, 0.2) is 18.2 Å². The first-order valence-electron chi connectivity index (χ1n) is 6.12. The fourth-order valence-corrected chi connectivity index (χ4v) is 3.25. The van der Waals surface area contributed by atoms with Gasteiger partial charge in [0.05, 0.1) is 4.88 Å². The highest BCUT2D eigenvalue weighted by atomic mass is 32.1. The number of amides is 1. The minimum Gasteiger partial charge on any atom is -0.351 e. The van der Waals surface area contributed by atoms with E-state index in [1.165, 1.54) is 30.2 Å². The standard InChI is InChI=1S/C14H14FNOS/c1-8-12-10(15)3-2-4-11(12)18-13(8)14(17)16-7-9-5-6-9/h2-4,9H,5-7H2,1H3,(H,16,17). The van der Waals surface area contributed by atoms with Crippen molar-refractivity contribution < 1.29 is 9.18 Å². The van der Waals surface area contributed by atoms with Crippen LogP contribution in [0.1, 0.15) is 28.1 Å². The number of fused-ring (bicyclic) bond motifs is 1. The summed E-state index contributed by atoms with van der Waals surface area (Å²) < 4.78 is 14.6. The molecule has 1 saturated carbocycles. The Morgan fingerprint density at radius 2 is 2.28 bits per heavy atom. The second kappa shape index (κ2) is 4.35. The summed E-state index contributed by atoms with van der Waals surface area (Å²) >= 11 is 1.37. The number of hydrogen-bond donors (Lipinski definition) is 1. The van der Waals surface area contributed by atoms with Gasteiger partial charge in [-0.15, -0.1) is 11.3 Å². The molecule has 4 heteroatoms. The molecule has 18 heavy (non-hydrogen) atoms. The number of halogens is 1. The van der Waals surface area contributed by atoms with E-state index < -0.39 is 0 Å². The van der Waals surface area contributed by atoms with Gasteiger partial charge < -0.3 is 5.32 Å². The Hall–Kier alpha value is -1.42. The van der Waals surface area contributed by atoms with E-state index >= 15 is 0 Å². The van der Waals surface area contributed by atoms with Crippen molar-refractivity contribution in [3.63, 3.8) is 0 Å². The van der Waals surface area contributed by atoms with Gasteiger partial charge in [-0.1, -0.05) is 6.07 Å². The number of nitrogens with one attached hydrogen (secondary N) is 1. The second-order valence-electron chi connectivity index (χ2n) is 4.82. The highest BCUT2D eigenvalue weighted by molar-refractivity contribution is 7.21. The molecule has 1 fully saturated rings. The number of benzene rings is 1. The van der Waals surface area contributed by atoms with E-state index in [0.717, 1.165) is 16.8 Å². The minimum absolute atomic E-state index is 0.0694. The molecule has 1 aromatic carbocycles. The average molecular weight is 263 g/mol. The third kappa shape index (κ3) is 2.01. The molecule has 94 valence electrons. The second-order valence-corrected chi connectivity index (χ2v) is 5.87. The van der Waals surface area contributed by atoms with Crippen LogP contribution in [-0.2, 0) is 0 Å². The summed E-state index contributed by atoms with van der Waals surface area (Å²) in [6.07, 6.45) is 2.42. The molecule has 1 aromatic heterocycles. The monoisotopic (exact) mass is 263 g/mol. The van der Waals surface area contributed by atoms with Gasteiger partial charge in [0.15, 0.2) is 0 Å². The van der Waals surface area contributed by atoms with Crippen molar-refractivity contribution in [2.75, 3.05) is 6.54 Å². The summed E-state index contributed by atoms with van der Waals surface area (Å²) in [4.78, 5) is 12.7. The Balaban J connectivity index is 1.93. The van der Waals surface area contributed by atoms with Crippen LogP contribution in [0, 0.1) is 18.7 Å². The molecule has 0 unspecified atom stereocenters. The number of thiophene rings is 1. The van der Waals surface area contributed by atoms with Gasteiger partial charge in [-0.3, -0.25) is 4.79 Å². The zero-order valence-corrected chi connectivity index (χ0v) is 10.9. The molecule has 0 atom stereocenters. The lowest BCUT2D eigenvalue weighted by Crippen LogP contribution is -2.25. The first kappa shape index (κ1) is 11.7. The van der Waals surface area contributed by atoms with Crippen molar-refractivity contribution in [3.8, 4) is 0 Å². The predicted molar refractivity (Wildman–Crippen MR) is 71.6 cm³/mol. The van der Waals surface area contributed by atoms with Gasteiger partial charge >= 0.3 is 0 Å². The van der Waals surface area contributed by atoms with Crippen LogP contribution < -0.4 is 5.32 Å². The third-order valence-electron chi connectivity index (χ3n) is 3.36. The van der Waals surface area contributed by atoms with Gasteiger partial charge in [0, 0.05) is 16.6 Å². The van der Waals surface area contributed by atoms with Gasteiger partial charge in [-0.2, -0.15) is 0 Å². The Morgan fingerprint density at radius 1 is 1.50 bits per heavy atom. The number of carbonyl (C=O) groups excluding carboxylic acids is 1. The Kier molecular flexibility index (Phi) is 2.82. The maximum Gasteiger partial charge on any atom is 0.261 e. The van der Waals surface area contributed by atoms with E-state index in [9.17, 15) is 9.18 Å². The maximum absolute atomic E-state index is 13.7. The Bertz CT molecular complexity index is 616. The largest absolute Gasteiger partial charge is 0.351 e. The zero-order valence-electron chi connectivity index (χ0n) is 10.1. The number of rotatable bonds is 3. The average Bonchev–Trinajstić information content (AvgIpc) is 3.11. The molecule has 2 nitrogen and oxygen atoms in total. The molecule has 0 bridgehead atoms. The van der Waals surface area contributed by atoms with E-state index in [0.29, 0.717) is 16.2 Å². The van der Waals surface area contributed by atoms with Gasteiger partial charge in [-0.25, -0.2) is 4.39 Å². The highest BCUT2D eigenvalue weighted by Crippen LogP contribution is 2.33. The summed E-state index contributed by atoms with van der Waals surface area (Å²) in [5.74, 6) is 0.336. The van der Waals surface area contributed by atoms with Crippen LogP contribution >= 0.6 is 11.3 Å². The molecule has 0 radical (unpaired) electrons. The van der Waals surface area contributed by atoms with Crippen molar-refractivity contribution in [2.45, 2.75) is 19.8 Å².